The summed E-state index contributed by atoms with van der Waals surface area (Å²) in [7, 11) is 0. The van der Waals surface area contributed by atoms with Crippen LogP contribution in [0, 0.1) is 5.41 Å². The second kappa shape index (κ2) is 10.4. The summed E-state index contributed by atoms with van der Waals surface area (Å²) in [6.07, 6.45) is 7.29. The zero-order valence-electron chi connectivity index (χ0n) is 19.0. The Balaban J connectivity index is 3.81. The third-order valence-corrected chi connectivity index (χ3v) is 5.11. The molecule has 1 rings (SSSR count). The van der Waals surface area contributed by atoms with E-state index in [0.717, 1.165) is 16.7 Å². The molecule has 0 fully saturated rings. The van der Waals surface area contributed by atoms with Crippen LogP contribution >= 0.6 is 0 Å². The van der Waals surface area contributed by atoms with Gasteiger partial charge >= 0.3 is 0 Å². The van der Waals surface area contributed by atoms with Crippen LogP contribution in [0.15, 0.2) is 57.6 Å². The molecule has 0 saturated carbocycles. The van der Waals surface area contributed by atoms with Gasteiger partial charge in [-0.15, -0.1) is 0 Å². The number of ketones is 2. The number of allylic oxidation sites excluding steroid dienone is 9. The van der Waals surface area contributed by atoms with E-state index in [1.807, 2.05) is 66.7 Å². The Morgan fingerprint density at radius 3 is 1.79 bits per heavy atom. The minimum atomic E-state index is -1.27. The van der Waals surface area contributed by atoms with Crippen LogP contribution in [0.5, 0.6) is 0 Å². The fraction of sp³-hybridized carbons (Fsp3) is 0.520. The van der Waals surface area contributed by atoms with Gasteiger partial charge in [-0.05, 0) is 67.2 Å². The molecular weight excluding hydrogens is 364 g/mol. The summed E-state index contributed by atoms with van der Waals surface area (Å²) in [6.45, 7) is 13.4. The fourth-order valence-corrected chi connectivity index (χ4v) is 3.34. The molecule has 0 amide bonds. The van der Waals surface area contributed by atoms with E-state index in [0.29, 0.717) is 6.42 Å². The van der Waals surface area contributed by atoms with E-state index in [-0.39, 0.29) is 54.1 Å². The van der Waals surface area contributed by atoms with Crippen LogP contribution in [0.2, 0.25) is 0 Å². The molecule has 0 aliphatic heterocycles. The molecule has 0 atom stereocenters. The van der Waals surface area contributed by atoms with Gasteiger partial charge < -0.3 is 10.2 Å². The van der Waals surface area contributed by atoms with Crippen LogP contribution in [0.1, 0.15) is 80.6 Å². The first-order chi connectivity index (χ1) is 13.5. The first kappa shape index (κ1) is 24.7. The van der Waals surface area contributed by atoms with E-state index >= 15 is 0 Å². The number of Topliss-reactive ketones (excluding diaryl/α,β-unsaturated/α-hetero) is 2. The van der Waals surface area contributed by atoms with E-state index in [1.165, 1.54) is 0 Å². The summed E-state index contributed by atoms with van der Waals surface area (Å²) >= 11 is 0. The van der Waals surface area contributed by atoms with E-state index in [2.05, 4.69) is 0 Å². The Hall–Kier alpha value is -2.36. The molecule has 0 saturated heterocycles. The lowest BCUT2D eigenvalue weighted by molar-refractivity contribution is -0.128. The zero-order valence-corrected chi connectivity index (χ0v) is 19.0. The zero-order chi connectivity index (χ0) is 22.4. The number of hydrogen-bond donors (Lipinski definition) is 2. The van der Waals surface area contributed by atoms with Crippen molar-refractivity contribution in [2.45, 2.75) is 80.6 Å². The van der Waals surface area contributed by atoms with Gasteiger partial charge in [-0.2, -0.15) is 0 Å². The highest BCUT2D eigenvalue weighted by atomic mass is 16.3. The molecule has 0 bridgehead atoms. The molecule has 0 radical (unpaired) electrons. The highest BCUT2D eigenvalue weighted by Crippen LogP contribution is 2.46. The molecule has 0 spiro atoms. The summed E-state index contributed by atoms with van der Waals surface area (Å²) in [5.41, 5.74) is 1.91. The molecule has 0 aromatic heterocycles. The number of aliphatic hydroxyl groups excluding tert-OH is 2. The first-order valence-corrected chi connectivity index (χ1v) is 10.3. The van der Waals surface area contributed by atoms with Gasteiger partial charge in [0.05, 0.1) is 5.41 Å². The summed E-state index contributed by atoms with van der Waals surface area (Å²) in [5.74, 6) is -1.34. The van der Waals surface area contributed by atoms with Gasteiger partial charge in [0.1, 0.15) is 17.1 Å². The fourth-order valence-electron chi connectivity index (χ4n) is 3.34. The van der Waals surface area contributed by atoms with Crippen LogP contribution in [-0.4, -0.2) is 21.8 Å². The van der Waals surface area contributed by atoms with Crippen molar-refractivity contribution in [2.24, 2.45) is 5.41 Å². The molecule has 0 heterocycles. The third-order valence-electron chi connectivity index (χ3n) is 5.11. The van der Waals surface area contributed by atoms with E-state index < -0.39 is 11.2 Å². The molecule has 1 aliphatic carbocycles. The Kier molecular flexibility index (Phi) is 8.87. The Morgan fingerprint density at radius 2 is 1.38 bits per heavy atom. The molecule has 0 aromatic carbocycles. The molecule has 4 nitrogen and oxygen atoms in total. The quantitative estimate of drug-likeness (QED) is 0.337. The molecular formula is C25H36O4. The van der Waals surface area contributed by atoms with Crippen LogP contribution in [-0.2, 0) is 9.59 Å². The van der Waals surface area contributed by atoms with Crippen molar-refractivity contribution < 1.29 is 19.8 Å². The molecule has 29 heavy (non-hydrogen) atoms. The van der Waals surface area contributed by atoms with Crippen LogP contribution in [0.25, 0.3) is 0 Å². The number of hydrogen-bond acceptors (Lipinski definition) is 4. The standard InChI is InChI=1S/C25H36O4/c1-8-9-20(26)21-22(27)19(11-10-16(2)3)23(28)25(24(21)29,14-12-17(4)5)15-13-18(6)7/h10,12-13,27-28H,8-9,11,14-15H2,1-7H3. The smallest absolute Gasteiger partial charge is 0.184 e. The highest BCUT2D eigenvalue weighted by molar-refractivity contribution is 6.24. The summed E-state index contributed by atoms with van der Waals surface area (Å²) in [5, 5.41) is 22.1. The first-order valence-electron chi connectivity index (χ1n) is 10.3. The largest absolute Gasteiger partial charge is 0.511 e. The van der Waals surface area contributed by atoms with Crippen molar-refractivity contribution in [3.8, 4) is 0 Å². The topological polar surface area (TPSA) is 74.6 Å². The minimum absolute atomic E-state index is 0.124. The molecule has 4 heteroatoms. The molecule has 0 aromatic rings. The number of carbonyl (C=O) groups is 2. The van der Waals surface area contributed by atoms with Crippen LogP contribution in [0.4, 0.5) is 0 Å². The van der Waals surface area contributed by atoms with Gasteiger partial charge in [0, 0.05) is 12.0 Å². The van der Waals surface area contributed by atoms with Crippen molar-refractivity contribution in [3.63, 3.8) is 0 Å². The maximum atomic E-state index is 13.6. The lowest BCUT2D eigenvalue weighted by Gasteiger charge is -2.36. The van der Waals surface area contributed by atoms with E-state index in [4.69, 9.17) is 0 Å². The Labute approximate surface area is 175 Å². The monoisotopic (exact) mass is 400 g/mol. The maximum absolute atomic E-state index is 13.6. The maximum Gasteiger partial charge on any atom is 0.184 e. The number of aliphatic hydroxyl groups is 2. The van der Waals surface area contributed by atoms with Gasteiger partial charge in [-0.25, -0.2) is 0 Å². The average molecular weight is 401 g/mol. The SMILES string of the molecule is CCCC(=O)C1=C(O)C(CC=C(C)C)=C(O)C(CC=C(C)C)(CC=C(C)C)C1=O. The molecule has 2 N–H and O–H groups in total. The third kappa shape index (κ3) is 5.81. The van der Waals surface area contributed by atoms with Gasteiger partial charge in [-0.1, -0.05) is 41.9 Å². The summed E-state index contributed by atoms with van der Waals surface area (Å²) in [6, 6.07) is 0. The van der Waals surface area contributed by atoms with Gasteiger partial charge in [0.25, 0.3) is 0 Å². The summed E-state index contributed by atoms with van der Waals surface area (Å²) < 4.78 is 0. The molecule has 160 valence electrons. The Morgan fingerprint density at radius 1 is 0.897 bits per heavy atom. The van der Waals surface area contributed by atoms with E-state index in [9.17, 15) is 19.8 Å². The number of rotatable bonds is 9. The van der Waals surface area contributed by atoms with Crippen molar-refractivity contribution in [2.75, 3.05) is 0 Å². The highest BCUT2D eigenvalue weighted by Gasteiger charge is 2.49. The van der Waals surface area contributed by atoms with Crippen molar-refractivity contribution in [1.82, 2.24) is 0 Å². The van der Waals surface area contributed by atoms with Crippen molar-refractivity contribution in [3.05, 3.63) is 57.6 Å². The number of carbonyl (C=O) groups excluding carboxylic acids is 2. The second-order valence-electron chi connectivity index (χ2n) is 8.59. The molecule has 0 unspecified atom stereocenters. The minimum Gasteiger partial charge on any atom is -0.511 e. The lowest BCUT2D eigenvalue weighted by atomic mass is 9.66. The van der Waals surface area contributed by atoms with Gasteiger partial charge in [0.15, 0.2) is 11.6 Å². The van der Waals surface area contributed by atoms with E-state index in [1.54, 1.807) is 0 Å². The summed E-state index contributed by atoms with van der Waals surface area (Å²) in [4.78, 5) is 26.4. The predicted molar refractivity (Wildman–Crippen MR) is 119 cm³/mol. The second-order valence-corrected chi connectivity index (χ2v) is 8.59. The van der Waals surface area contributed by atoms with Crippen molar-refractivity contribution >= 4 is 11.6 Å². The average Bonchev–Trinajstić information content (AvgIpc) is 2.61. The van der Waals surface area contributed by atoms with Gasteiger partial charge in [0.2, 0.25) is 0 Å². The molecule has 1 aliphatic rings. The van der Waals surface area contributed by atoms with Gasteiger partial charge in [-0.3, -0.25) is 9.59 Å². The van der Waals surface area contributed by atoms with Crippen LogP contribution in [0.3, 0.4) is 0 Å². The predicted octanol–water partition coefficient (Wildman–Crippen LogP) is 6.62. The lowest BCUT2D eigenvalue weighted by Crippen LogP contribution is -2.40. The van der Waals surface area contributed by atoms with Crippen LogP contribution < -0.4 is 0 Å². The normalized spacial score (nSPS) is 15.9. The van der Waals surface area contributed by atoms with Crippen molar-refractivity contribution in [1.29, 1.82) is 0 Å². The Bertz CT molecular complexity index is 784.